The third kappa shape index (κ3) is 6.71. The molecule has 7 nitrogen and oxygen atoms in total. The van der Waals surface area contributed by atoms with Crippen molar-refractivity contribution in [1.29, 1.82) is 5.26 Å². The average Bonchev–Trinajstić information content (AvgIpc) is 2.67. The van der Waals surface area contributed by atoms with E-state index in [4.69, 9.17) is 14.7 Å². The zero-order valence-corrected chi connectivity index (χ0v) is 15.0. The van der Waals surface area contributed by atoms with Crippen molar-refractivity contribution in [2.75, 3.05) is 18.5 Å². The van der Waals surface area contributed by atoms with Gasteiger partial charge >= 0.3 is 0 Å². The first-order chi connectivity index (χ1) is 13.1. The minimum Gasteiger partial charge on any atom is -0.490 e. The van der Waals surface area contributed by atoms with Crippen molar-refractivity contribution < 1.29 is 19.1 Å². The van der Waals surface area contributed by atoms with Crippen LogP contribution in [0.4, 0.5) is 5.69 Å². The van der Waals surface area contributed by atoms with Crippen molar-refractivity contribution in [3.63, 3.8) is 0 Å². The summed E-state index contributed by atoms with van der Waals surface area (Å²) < 4.78 is 11.0. The highest BCUT2D eigenvalue weighted by molar-refractivity contribution is 5.92. The van der Waals surface area contributed by atoms with Gasteiger partial charge in [-0.3, -0.25) is 9.59 Å². The Kier molecular flexibility index (Phi) is 7.67. The number of ether oxygens (including phenoxy) is 2. The van der Waals surface area contributed by atoms with Gasteiger partial charge in [-0.05, 0) is 36.8 Å². The number of hydrogen-bond acceptors (Lipinski definition) is 5. The number of anilines is 1. The lowest BCUT2D eigenvalue weighted by atomic mass is 10.2. The first-order valence-corrected chi connectivity index (χ1v) is 8.49. The second-order valence-electron chi connectivity index (χ2n) is 5.53. The van der Waals surface area contributed by atoms with Crippen LogP contribution in [0.2, 0.25) is 0 Å². The van der Waals surface area contributed by atoms with E-state index in [1.54, 1.807) is 42.5 Å². The van der Waals surface area contributed by atoms with Crippen LogP contribution in [0.25, 0.3) is 0 Å². The monoisotopic (exact) mass is 367 g/mol. The topological polar surface area (TPSA) is 100 Å². The van der Waals surface area contributed by atoms with Gasteiger partial charge in [0.05, 0.1) is 12.7 Å². The number of carbonyl (C=O) groups is 2. The summed E-state index contributed by atoms with van der Waals surface area (Å²) in [7, 11) is 0. The van der Waals surface area contributed by atoms with E-state index in [1.807, 2.05) is 19.1 Å². The molecule has 0 atom stereocenters. The minimum atomic E-state index is -0.358. The van der Waals surface area contributed by atoms with E-state index in [1.165, 1.54) is 0 Å². The number of benzene rings is 2. The normalized spacial score (nSPS) is 9.78. The number of carbonyl (C=O) groups excluding carboxylic acids is 2. The van der Waals surface area contributed by atoms with E-state index in [0.29, 0.717) is 30.3 Å². The lowest BCUT2D eigenvalue weighted by Crippen LogP contribution is -2.28. The molecule has 2 N–H and O–H groups in total. The summed E-state index contributed by atoms with van der Waals surface area (Å²) in [6.07, 6.45) is -0.190. The van der Waals surface area contributed by atoms with E-state index in [9.17, 15) is 9.59 Å². The molecular formula is C20H21N3O4. The fourth-order valence-electron chi connectivity index (χ4n) is 2.22. The molecule has 0 spiro atoms. The van der Waals surface area contributed by atoms with Gasteiger partial charge in [-0.15, -0.1) is 0 Å². The molecule has 0 aliphatic rings. The standard InChI is InChI=1S/C20H21N3O4/c1-2-26-17-5-3-4-6-18(17)27-14-20(25)22-13-15-7-9-16(10-8-15)23-19(24)11-12-21/h3-10H,2,11,13-14H2,1H3,(H,22,25)(H,23,24). The Morgan fingerprint density at radius 3 is 2.30 bits per heavy atom. The van der Waals surface area contributed by atoms with Crippen LogP contribution < -0.4 is 20.1 Å². The van der Waals surface area contributed by atoms with Crippen molar-refractivity contribution in [2.24, 2.45) is 0 Å². The molecule has 0 saturated carbocycles. The average molecular weight is 367 g/mol. The summed E-state index contributed by atoms with van der Waals surface area (Å²) >= 11 is 0. The Morgan fingerprint density at radius 2 is 1.67 bits per heavy atom. The summed E-state index contributed by atoms with van der Waals surface area (Å²) in [5.74, 6) is 0.504. The van der Waals surface area contributed by atoms with Crippen LogP contribution in [0.3, 0.4) is 0 Å². The SMILES string of the molecule is CCOc1ccccc1OCC(=O)NCc1ccc(NC(=O)CC#N)cc1. The van der Waals surface area contributed by atoms with E-state index in [-0.39, 0.29) is 24.8 Å². The summed E-state index contributed by atoms with van der Waals surface area (Å²) in [5, 5.41) is 13.8. The molecule has 0 saturated heterocycles. The first-order valence-electron chi connectivity index (χ1n) is 8.49. The van der Waals surface area contributed by atoms with Gasteiger partial charge in [0.1, 0.15) is 6.42 Å². The molecule has 0 heterocycles. The number of rotatable bonds is 9. The molecule has 0 aromatic heterocycles. The minimum absolute atomic E-state index is 0.119. The molecule has 0 unspecified atom stereocenters. The maximum Gasteiger partial charge on any atom is 0.258 e. The van der Waals surface area contributed by atoms with Gasteiger partial charge in [0.15, 0.2) is 18.1 Å². The lowest BCUT2D eigenvalue weighted by molar-refractivity contribution is -0.123. The first kappa shape index (κ1) is 19.8. The number of para-hydroxylation sites is 2. The van der Waals surface area contributed by atoms with Crippen molar-refractivity contribution in [2.45, 2.75) is 19.9 Å². The molecule has 0 radical (unpaired) electrons. The molecule has 2 amide bonds. The summed E-state index contributed by atoms with van der Waals surface area (Å²) in [5.41, 5.74) is 1.47. The van der Waals surface area contributed by atoms with Gasteiger partial charge < -0.3 is 20.1 Å². The smallest absolute Gasteiger partial charge is 0.258 e. The van der Waals surface area contributed by atoms with Crippen molar-refractivity contribution in [1.82, 2.24) is 5.32 Å². The van der Waals surface area contributed by atoms with Crippen molar-refractivity contribution in [3.05, 3.63) is 54.1 Å². The number of nitrogens with one attached hydrogen (secondary N) is 2. The van der Waals surface area contributed by atoms with Crippen LogP contribution in [0.5, 0.6) is 11.5 Å². The second-order valence-corrected chi connectivity index (χ2v) is 5.53. The molecule has 140 valence electrons. The molecule has 0 fully saturated rings. The van der Waals surface area contributed by atoms with Crippen molar-refractivity contribution in [3.8, 4) is 17.6 Å². The molecular weight excluding hydrogens is 346 g/mol. The van der Waals surface area contributed by atoms with Crippen LogP contribution >= 0.6 is 0 Å². The van der Waals surface area contributed by atoms with Gasteiger partial charge in [0.2, 0.25) is 5.91 Å². The molecule has 2 rings (SSSR count). The Morgan fingerprint density at radius 1 is 1.00 bits per heavy atom. The molecule has 2 aromatic rings. The number of nitrogens with zero attached hydrogens (tertiary/aromatic N) is 1. The highest BCUT2D eigenvalue weighted by Gasteiger charge is 2.07. The van der Waals surface area contributed by atoms with Gasteiger partial charge in [0.25, 0.3) is 5.91 Å². The number of hydrogen-bond donors (Lipinski definition) is 2. The lowest BCUT2D eigenvalue weighted by Gasteiger charge is -2.11. The molecule has 0 aliphatic heterocycles. The van der Waals surface area contributed by atoms with E-state index in [0.717, 1.165) is 5.56 Å². The van der Waals surface area contributed by atoms with E-state index >= 15 is 0 Å². The molecule has 0 aliphatic carbocycles. The largest absolute Gasteiger partial charge is 0.490 e. The Bertz CT molecular complexity index is 813. The summed E-state index contributed by atoms with van der Waals surface area (Å²) in [6.45, 7) is 2.61. The molecule has 0 bridgehead atoms. The van der Waals surface area contributed by atoms with Crippen LogP contribution in [-0.4, -0.2) is 25.0 Å². The van der Waals surface area contributed by atoms with Gasteiger partial charge in [-0.25, -0.2) is 0 Å². The van der Waals surface area contributed by atoms with Crippen LogP contribution in [0.15, 0.2) is 48.5 Å². The maximum absolute atomic E-state index is 12.0. The van der Waals surface area contributed by atoms with Crippen LogP contribution in [0, 0.1) is 11.3 Å². The maximum atomic E-state index is 12.0. The second kappa shape index (κ2) is 10.5. The Labute approximate surface area is 157 Å². The van der Waals surface area contributed by atoms with Gasteiger partial charge in [-0.2, -0.15) is 5.26 Å². The third-order valence-electron chi connectivity index (χ3n) is 3.47. The third-order valence-corrected chi connectivity index (χ3v) is 3.47. The number of amides is 2. The summed E-state index contributed by atoms with van der Waals surface area (Å²) in [4.78, 5) is 23.3. The fraction of sp³-hybridized carbons (Fsp3) is 0.250. The molecule has 7 heteroatoms. The van der Waals surface area contributed by atoms with Crippen LogP contribution in [0.1, 0.15) is 18.9 Å². The fourth-order valence-corrected chi connectivity index (χ4v) is 2.22. The zero-order valence-electron chi connectivity index (χ0n) is 15.0. The summed E-state index contributed by atoms with van der Waals surface area (Å²) in [6, 6.07) is 16.0. The van der Waals surface area contributed by atoms with Gasteiger partial charge in [-0.1, -0.05) is 24.3 Å². The highest BCUT2D eigenvalue weighted by atomic mass is 16.5. The zero-order chi connectivity index (χ0) is 19.5. The highest BCUT2D eigenvalue weighted by Crippen LogP contribution is 2.26. The van der Waals surface area contributed by atoms with Gasteiger partial charge in [0, 0.05) is 12.2 Å². The Hall–Kier alpha value is -3.53. The molecule has 27 heavy (non-hydrogen) atoms. The quantitative estimate of drug-likeness (QED) is 0.710. The number of nitriles is 1. The predicted molar refractivity (Wildman–Crippen MR) is 100 cm³/mol. The van der Waals surface area contributed by atoms with E-state index in [2.05, 4.69) is 10.6 Å². The van der Waals surface area contributed by atoms with Crippen LogP contribution in [-0.2, 0) is 16.1 Å². The van der Waals surface area contributed by atoms with E-state index < -0.39 is 0 Å². The van der Waals surface area contributed by atoms with Crippen molar-refractivity contribution >= 4 is 17.5 Å². The predicted octanol–water partition coefficient (Wildman–Crippen LogP) is 2.63. The molecule has 2 aromatic carbocycles. The Balaban J connectivity index is 1.79.